The van der Waals surface area contributed by atoms with Crippen LogP contribution in [0.3, 0.4) is 0 Å². The van der Waals surface area contributed by atoms with Crippen molar-refractivity contribution in [3.05, 3.63) is 11.6 Å². The van der Waals surface area contributed by atoms with Gasteiger partial charge in [0.1, 0.15) is 5.60 Å². The van der Waals surface area contributed by atoms with Gasteiger partial charge in [-0.05, 0) is 30.4 Å². The molecule has 2 aliphatic carbocycles. The van der Waals surface area contributed by atoms with Crippen molar-refractivity contribution in [2.45, 2.75) is 52.6 Å². The molecule has 0 spiro atoms. The summed E-state index contributed by atoms with van der Waals surface area (Å²) >= 11 is 0. The molecule has 98 valence electrons. The molecule has 3 atom stereocenters. The Bertz CT molecular complexity index is 461. The number of fused-ring (bicyclic) bond motifs is 1. The molecule has 0 bridgehead atoms. The van der Waals surface area contributed by atoms with E-state index < -0.39 is 5.60 Å². The Balaban J connectivity index is 2.26. The van der Waals surface area contributed by atoms with Crippen LogP contribution >= 0.6 is 0 Å². The number of rotatable bonds is 2. The number of carbonyl (C=O) groups is 1. The van der Waals surface area contributed by atoms with Gasteiger partial charge in [-0.2, -0.15) is 0 Å². The third-order valence-electron chi connectivity index (χ3n) is 4.35. The Kier molecular flexibility index (Phi) is 3.15. The van der Waals surface area contributed by atoms with Crippen molar-refractivity contribution in [3.63, 3.8) is 0 Å². The maximum Gasteiger partial charge on any atom is 0.162 e. The Hall–Kier alpha value is -1.07. The molecule has 1 N–H and O–H groups in total. The van der Waals surface area contributed by atoms with E-state index in [9.17, 15) is 9.90 Å². The van der Waals surface area contributed by atoms with Gasteiger partial charge in [-0.15, -0.1) is 0 Å². The van der Waals surface area contributed by atoms with Crippen molar-refractivity contribution in [1.29, 1.82) is 0 Å². The minimum Gasteiger partial charge on any atom is -0.374 e. The van der Waals surface area contributed by atoms with Gasteiger partial charge < -0.3 is 5.11 Å². The van der Waals surface area contributed by atoms with Crippen LogP contribution in [-0.2, 0) is 4.79 Å². The van der Waals surface area contributed by atoms with Crippen molar-refractivity contribution in [3.8, 4) is 11.8 Å². The van der Waals surface area contributed by atoms with Crippen LogP contribution < -0.4 is 0 Å². The summed E-state index contributed by atoms with van der Waals surface area (Å²) in [5, 5.41) is 10.7. The van der Waals surface area contributed by atoms with Crippen LogP contribution in [0.15, 0.2) is 11.6 Å². The van der Waals surface area contributed by atoms with E-state index in [1.165, 1.54) is 0 Å². The van der Waals surface area contributed by atoms with Crippen LogP contribution in [0, 0.1) is 29.1 Å². The molecule has 2 rings (SSSR count). The Labute approximate surface area is 109 Å². The highest BCUT2D eigenvalue weighted by molar-refractivity contribution is 6.01. The van der Waals surface area contributed by atoms with E-state index in [1.54, 1.807) is 13.0 Å². The van der Waals surface area contributed by atoms with Gasteiger partial charge in [-0.1, -0.05) is 39.0 Å². The quantitative estimate of drug-likeness (QED) is 0.601. The number of unbranched alkanes of at least 4 members (excludes halogenated alkanes) is 2. The molecule has 0 unspecified atom stereocenters. The fraction of sp³-hybridized carbons (Fsp3) is 0.688. The third-order valence-corrected chi connectivity index (χ3v) is 4.35. The number of hydrogen-bond acceptors (Lipinski definition) is 2. The first-order valence-corrected chi connectivity index (χ1v) is 6.80. The number of hydrogen-bond donors (Lipinski definition) is 1. The smallest absolute Gasteiger partial charge is 0.162 e. The van der Waals surface area contributed by atoms with Gasteiger partial charge in [0.05, 0.1) is 0 Å². The lowest BCUT2D eigenvalue weighted by Gasteiger charge is -2.23. The van der Waals surface area contributed by atoms with Crippen LogP contribution in [0.25, 0.3) is 0 Å². The summed E-state index contributed by atoms with van der Waals surface area (Å²) in [6, 6.07) is 0. The lowest BCUT2D eigenvalue weighted by molar-refractivity contribution is -0.118. The van der Waals surface area contributed by atoms with Crippen molar-refractivity contribution in [2.24, 2.45) is 17.3 Å². The first-order valence-electron chi connectivity index (χ1n) is 6.80. The monoisotopic (exact) mass is 246 g/mol. The summed E-state index contributed by atoms with van der Waals surface area (Å²) in [7, 11) is 0. The molecule has 0 aromatic carbocycles. The highest BCUT2D eigenvalue weighted by Gasteiger charge is 2.70. The van der Waals surface area contributed by atoms with Gasteiger partial charge in [0.25, 0.3) is 0 Å². The topological polar surface area (TPSA) is 37.3 Å². The van der Waals surface area contributed by atoms with Crippen molar-refractivity contribution in [1.82, 2.24) is 0 Å². The predicted octanol–water partition coefficient (Wildman–Crippen LogP) is 2.71. The number of allylic oxidation sites excluding steroid dienone is 1. The van der Waals surface area contributed by atoms with Crippen LogP contribution in [0.1, 0.15) is 47.0 Å². The summed E-state index contributed by atoms with van der Waals surface area (Å²) in [4.78, 5) is 12.0. The molecule has 2 aliphatic rings. The van der Waals surface area contributed by atoms with Gasteiger partial charge in [-0.25, -0.2) is 0 Å². The second-order valence-electron chi connectivity index (χ2n) is 6.20. The number of Topliss-reactive ketones (excluding diaryl/α,β-unsaturated/α-hetero) is 1. The Morgan fingerprint density at radius 1 is 1.44 bits per heavy atom. The summed E-state index contributed by atoms with van der Waals surface area (Å²) in [6.07, 6.45) is 4.65. The molecule has 0 amide bonds. The van der Waals surface area contributed by atoms with Crippen molar-refractivity contribution >= 4 is 5.78 Å². The predicted molar refractivity (Wildman–Crippen MR) is 71.8 cm³/mol. The van der Waals surface area contributed by atoms with Gasteiger partial charge in [0, 0.05) is 18.3 Å². The van der Waals surface area contributed by atoms with E-state index in [-0.39, 0.29) is 23.0 Å². The van der Waals surface area contributed by atoms with Gasteiger partial charge in [0.15, 0.2) is 5.78 Å². The average molecular weight is 246 g/mol. The molecule has 1 fully saturated rings. The molecular weight excluding hydrogens is 224 g/mol. The lowest BCUT2D eigenvalue weighted by atomic mass is 9.86. The first kappa shape index (κ1) is 13.4. The van der Waals surface area contributed by atoms with Crippen LogP contribution in [0.5, 0.6) is 0 Å². The minimum atomic E-state index is -1.10. The van der Waals surface area contributed by atoms with Gasteiger partial charge in [-0.3, -0.25) is 4.79 Å². The largest absolute Gasteiger partial charge is 0.374 e. The molecule has 0 aromatic rings. The van der Waals surface area contributed by atoms with E-state index in [1.807, 2.05) is 13.8 Å². The summed E-state index contributed by atoms with van der Waals surface area (Å²) < 4.78 is 0. The van der Waals surface area contributed by atoms with Gasteiger partial charge in [0.2, 0.25) is 0 Å². The van der Waals surface area contributed by atoms with E-state index in [2.05, 4.69) is 18.8 Å². The third kappa shape index (κ3) is 1.91. The summed E-state index contributed by atoms with van der Waals surface area (Å²) in [5.41, 5.74) is -0.562. The molecule has 2 heteroatoms. The van der Waals surface area contributed by atoms with Crippen molar-refractivity contribution < 1.29 is 9.90 Å². The van der Waals surface area contributed by atoms with Crippen molar-refractivity contribution in [2.75, 3.05) is 0 Å². The second-order valence-corrected chi connectivity index (χ2v) is 6.20. The molecule has 18 heavy (non-hydrogen) atoms. The number of ketones is 1. The second kappa shape index (κ2) is 4.24. The molecular formula is C16H22O2. The average Bonchev–Trinajstić information content (AvgIpc) is 2.87. The lowest BCUT2D eigenvalue weighted by Crippen LogP contribution is -2.33. The molecule has 2 nitrogen and oxygen atoms in total. The zero-order valence-electron chi connectivity index (χ0n) is 11.7. The summed E-state index contributed by atoms with van der Waals surface area (Å²) in [5.74, 6) is 6.18. The van der Waals surface area contributed by atoms with Crippen LogP contribution in [0.2, 0.25) is 0 Å². The molecule has 0 radical (unpaired) electrons. The fourth-order valence-corrected chi connectivity index (χ4v) is 3.27. The Morgan fingerprint density at radius 3 is 2.72 bits per heavy atom. The van der Waals surface area contributed by atoms with Crippen LogP contribution in [0.4, 0.5) is 0 Å². The SMILES string of the molecule is CCCCC#C[C@@]1(O)C=C(C)C(=O)[C@@H]2[C@H]1C2(C)C. The number of carbonyl (C=O) groups excluding carboxylic acids is 1. The van der Waals surface area contributed by atoms with Gasteiger partial charge >= 0.3 is 0 Å². The number of aliphatic hydroxyl groups is 1. The standard InChI is InChI=1S/C16H22O2/c1-5-6-7-8-9-16(18)10-11(2)13(17)12-14(16)15(12,3)4/h10,12,14,18H,5-7H2,1-4H3/t12-,14+,16-/m1/s1. The van der Waals surface area contributed by atoms with E-state index in [0.717, 1.165) is 19.3 Å². The first-order chi connectivity index (χ1) is 8.34. The fourth-order valence-electron chi connectivity index (χ4n) is 3.27. The molecule has 0 aliphatic heterocycles. The molecule has 0 aromatic heterocycles. The zero-order chi connectivity index (χ0) is 13.6. The summed E-state index contributed by atoms with van der Waals surface area (Å²) in [6.45, 7) is 8.00. The Morgan fingerprint density at radius 2 is 2.11 bits per heavy atom. The highest BCUT2D eigenvalue weighted by atomic mass is 16.3. The molecule has 0 heterocycles. The maximum absolute atomic E-state index is 12.0. The maximum atomic E-state index is 12.0. The molecule has 1 saturated carbocycles. The highest BCUT2D eigenvalue weighted by Crippen LogP contribution is 2.66. The molecule has 0 saturated heterocycles. The van der Waals surface area contributed by atoms with E-state index >= 15 is 0 Å². The zero-order valence-corrected chi connectivity index (χ0v) is 11.7. The normalized spacial score (nSPS) is 36.3. The minimum absolute atomic E-state index is 0.0321. The van der Waals surface area contributed by atoms with E-state index in [0.29, 0.717) is 5.57 Å². The van der Waals surface area contributed by atoms with Crippen LogP contribution in [-0.4, -0.2) is 16.5 Å². The van der Waals surface area contributed by atoms with E-state index in [4.69, 9.17) is 0 Å².